The number of rotatable bonds is 3. The fourth-order valence-electron chi connectivity index (χ4n) is 2.22. The van der Waals surface area contributed by atoms with Gasteiger partial charge < -0.3 is 10.0 Å². The molecule has 3 rings (SSSR count). The minimum atomic E-state index is -0.980. The molecular weight excluding hydrogens is 228 g/mol. The van der Waals surface area contributed by atoms with Crippen LogP contribution in [-0.2, 0) is 0 Å². The number of carboxylic acids is 1. The van der Waals surface area contributed by atoms with Crippen molar-refractivity contribution in [3.05, 3.63) is 36.0 Å². The van der Waals surface area contributed by atoms with E-state index in [4.69, 9.17) is 5.11 Å². The van der Waals surface area contributed by atoms with Gasteiger partial charge in [0.2, 0.25) is 0 Å². The highest BCUT2D eigenvalue weighted by molar-refractivity contribution is 5.97. The molecule has 4 nitrogen and oxygen atoms in total. The molecule has 0 bridgehead atoms. The molecule has 0 amide bonds. The van der Waals surface area contributed by atoms with E-state index in [1.165, 1.54) is 12.8 Å². The van der Waals surface area contributed by atoms with Gasteiger partial charge in [-0.05, 0) is 25.0 Å². The van der Waals surface area contributed by atoms with E-state index in [2.05, 4.69) is 9.88 Å². The van der Waals surface area contributed by atoms with E-state index >= 15 is 0 Å². The van der Waals surface area contributed by atoms with Gasteiger partial charge >= 0.3 is 5.97 Å². The first-order valence-electron chi connectivity index (χ1n) is 6.03. The molecule has 18 heavy (non-hydrogen) atoms. The quantitative estimate of drug-likeness (QED) is 0.898. The molecule has 1 fully saturated rings. The number of fused-ring (bicyclic) bond motifs is 1. The summed E-state index contributed by atoms with van der Waals surface area (Å²) in [6.07, 6.45) is 2.35. The molecule has 0 aliphatic heterocycles. The largest absolute Gasteiger partial charge is 0.477 e. The third-order valence-corrected chi connectivity index (χ3v) is 3.39. The molecule has 1 aliphatic rings. The summed E-state index contributed by atoms with van der Waals surface area (Å²) in [7, 11) is 2.02. The van der Waals surface area contributed by atoms with Crippen molar-refractivity contribution in [2.45, 2.75) is 18.9 Å². The Balaban J connectivity index is 2.22. The molecule has 0 spiro atoms. The van der Waals surface area contributed by atoms with Crippen LogP contribution in [0.3, 0.4) is 0 Å². The van der Waals surface area contributed by atoms with E-state index in [0.29, 0.717) is 6.04 Å². The Kier molecular flexibility index (Phi) is 2.44. The Hall–Kier alpha value is -2.10. The van der Waals surface area contributed by atoms with Crippen LogP contribution >= 0.6 is 0 Å². The van der Waals surface area contributed by atoms with Crippen LogP contribution in [0.25, 0.3) is 10.9 Å². The first-order valence-corrected chi connectivity index (χ1v) is 6.03. The summed E-state index contributed by atoms with van der Waals surface area (Å²) in [4.78, 5) is 17.5. The maximum Gasteiger partial charge on any atom is 0.354 e. The number of benzene rings is 1. The third-order valence-electron chi connectivity index (χ3n) is 3.39. The van der Waals surface area contributed by atoms with E-state index in [0.717, 1.165) is 16.6 Å². The van der Waals surface area contributed by atoms with Crippen molar-refractivity contribution < 1.29 is 9.90 Å². The zero-order chi connectivity index (χ0) is 12.7. The lowest BCUT2D eigenvalue weighted by molar-refractivity contribution is 0.0691. The highest BCUT2D eigenvalue weighted by atomic mass is 16.4. The van der Waals surface area contributed by atoms with Crippen molar-refractivity contribution >= 4 is 22.6 Å². The van der Waals surface area contributed by atoms with Crippen LogP contribution in [0, 0.1) is 0 Å². The Morgan fingerprint density at radius 2 is 2.11 bits per heavy atom. The highest BCUT2D eigenvalue weighted by Crippen LogP contribution is 2.34. The van der Waals surface area contributed by atoms with Crippen LogP contribution in [-0.4, -0.2) is 29.1 Å². The summed E-state index contributed by atoms with van der Waals surface area (Å²) >= 11 is 0. The van der Waals surface area contributed by atoms with Gasteiger partial charge in [0, 0.05) is 24.2 Å². The van der Waals surface area contributed by atoms with E-state index in [1.54, 1.807) is 6.07 Å². The van der Waals surface area contributed by atoms with Crippen molar-refractivity contribution in [1.82, 2.24) is 4.98 Å². The normalized spacial score (nSPS) is 14.7. The lowest BCUT2D eigenvalue weighted by Crippen LogP contribution is -2.20. The number of anilines is 1. The smallest absolute Gasteiger partial charge is 0.354 e. The molecular formula is C14H14N2O2. The van der Waals surface area contributed by atoms with Crippen LogP contribution in [0.2, 0.25) is 0 Å². The van der Waals surface area contributed by atoms with Crippen LogP contribution in [0.15, 0.2) is 30.3 Å². The van der Waals surface area contributed by atoms with Crippen LogP contribution < -0.4 is 4.90 Å². The number of carboxylic acid groups (broad SMARTS) is 1. The van der Waals surface area contributed by atoms with E-state index in [1.807, 2.05) is 31.3 Å². The molecule has 0 saturated heterocycles. The summed E-state index contributed by atoms with van der Waals surface area (Å²) in [5.41, 5.74) is 1.80. The number of hydrogen-bond donors (Lipinski definition) is 1. The monoisotopic (exact) mass is 242 g/mol. The number of aromatic carboxylic acids is 1. The van der Waals surface area contributed by atoms with Gasteiger partial charge in [0.15, 0.2) is 5.69 Å². The molecule has 92 valence electrons. The van der Waals surface area contributed by atoms with Gasteiger partial charge in [0.25, 0.3) is 0 Å². The lowest BCUT2D eigenvalue weighted by Gasteiger charge is -2.21. The van der Waals surface area contributed by atoms with Crippen LogP contribution in [0.5, 0.6) is 0 Å². The molecule has 1 N–H and O–H groups in total. The Bertz CT molecular complexity index is 620. The maximum absolute atomic E-state index is 11.1. The Morgan fingerprint density at radius 1 is 1.39 bits per heavy atom. The molecule has 1 aliphatic carbocycles. The fourth-order valence-corrected chi connectivity index (χ4v) is 2.22. The number of nitrogens with zero attached hydrogens (tertiary/aromatic N) is 2. The first-order chi connectivity index (χ1) is 8.66. The molecule has 1 aromatic carbocycles. The van der Waals surface area contributed by atoms with Gasteiger partial charge in [-0.25, -0.2) is 9.78 Å². The van der Waals surface area contributed by atoms with Crippen molar-refractivity contribution in [2.75, 3.05) is 11.9 Å². The third kappa shape index (κ3) is 1.79. The van der Waals surface area contributed by atoms with Crippen LogP contribution in [0.4, 0.5) is 5.69 Å². The molecule has 0 unspecified atom stereocenters. The number of pyridine rings is 1. The van der Waals surface area contributed by atoms with Gasteiger partial charge in [0.1, 0.15) is 0 Å². The maximum atomic E-state index is 11.1. The predicted molar refractivity (Wildman–Crippen MR) is 70.1 cm³/mol. The number of carbonyl (C=O) groups is 1. The van der Waals surface area contributed by atoms with Gasteiger partial charge in [-0.1, -0.05) is 18.2 Å². The van der Waals surface area contributed by atoms with Crippen molar-refractivity contribution in [2.24, 2.45) is 0 Å². The minimum absolute atomic E-state index is 0.108. The molecule has 4 heteroatoms. The predicted octanol–water partition coefficient (Wildman–Crippen LogP) is 2.53. The average molecular weight is 242 g/mol. The second-order valence-corrected chi connectivity index (χ2v) is 4.69. The number of para-hydroxylation sites is 1. The second-order valence-electron chi connectivity index (χ2n) is 4.69. The van der Waals surface area contributed by atoms with E-state index in [9.17, 15) is 4.79 Å². The second kappa shape index (κ2) is 3.98. The summed E-state index contributed by atoms with van der Waals surface area (Å²) in [5, 5.41) is 10.1. The summed E-state index contributed by atoms with van der Waals surface area (Å²) < 4.78 is 0. The fraction of sp³-hybridized carbons (Fsp3) is 0.286. The first kappa shape index (κ1) is 11.0. The van der Waals surface area contributed by atoms with Gasteiger partial charge in [-0.3, -0.25) is 0 Å². The molecule has 2 aromatic rings. The summed E-state index contributed by atoms with van der Waals surface area (Å²) in [6, 6.07) is 9.88. The van der Waals surface area contributed by atoms with Crippen molar-refractivity contribution in [3.63, 3.8) is 0 Å². The van der Waals surface area contributed by atoms with Gasteiger partial charge in [-0.15, -0.1) is 0 Å². The number of hydrogen-bond acceptors (Lipinski definition) is 3. The molecule has 1 aromatic heterocycles. The van der Waals surface area contributed by atoms with Crippen LogP contribution in [0.1, 0.15) is 23.3 Å². The zero-order valence-electron chi connectivity index (χ0n) is 10.1. The summed E-state index contributed by atoms with van der Waals surface area (Å²) in [5.74, 6) is -0.980. The van der Waals surface area contributed by atoms with E-state index < -0.39 is 5.97 Å². The van der Waals surface area contributed by atoms with E-state index in [-0.39, 0.29) is 5.69 Å². The topological polar surface area (TPSA) is 53.4 Å². The number of aromatic nitrogens is 1. The Labute approximate surface area is 105 Å². The molecule has 1 saturated carbocycles. The zero-order valence-corrected chi connectivity index (χ0v) is 10.1. The SMILES string of the molecule is CN(c1cc(C(=O)O)nc2ccccc12)C1CC1. The standard InChI is InChI=1S/C14H14N2O2/c1-16(9-6-7-9)13-8-12(14(17)18)15-11-5-3-2-4-10(11)13/h2-5,8-9H,6-7H2,1H3,(H,17,18). The average Bonchev–Trinajstić information content (AvgIpc) is 3.20. The molecule has 0 radical (unpaired) electrons. The lowest BCUT2D eigenvalue weighted by atomic mass is 10.1. The highest BCUT2D eigenvalue weighted by Gasteiger charge is 2.28. The molecule has 0 atom stereocenters. The van der Waals surface area contributed by atoms with Crippen molar-refractivity contribution in [3.8, 4) is 0 Å². The van der Waals surface area contributed by atoms with Gasteiger partial charge in [-0.2, -0.15) is 0 Å². The van der Waals surface area contributed by atoms with Crippen molar-refractivity contribution in [1.29, 1.82) is 0 Å². The van der Waals surface area contributed by atoms with Gasteiger partial charge in [0.05, 0.1) is 5.52 Å². The molecule has 1 heterocycles. The Morgan fingerprint density at radius 3 is 2.78 bits per heavy atom. The summed E-state index contributed by atoms with van der Waals surface area (Å²) in [6.45, 7) is 0. The minimum Gasteiger partial charge on any atom is -0.477 e.